The van der Waals surface area contributed by atoms with Crippen molar-refractivity contribution < 1.29 is 24.6 Å². The zero-order valence-corrected chi connectivity index (χ0v) is 16.8. The summed E-state index contributed by atoms with van der Waals surface area (Å²) in [7, 11) is 0. The third kappa shape index (κ3) is 8.51. The van der Waals surface area contributed by atoms with Crippen LogP contribution in [-0.4, -0.2) is 65.7 Å². The molecular formula is C21H31N3O5. The summed E-state index contributed by atoms with van der Waals surface area (Å²) in [6.45, 7) is 4.94. The summed E-state index contributed by atoms with van der Waals surface area (Å²) in [6.07, 6.45) is 9.01. The Hall–Kier alpha value is -2.61. The van der Waals surface area contributed by atoms with E-state index in [9.17, 15) is 4.79 Å². The van der Waals surface area contributed by atoms with Gasteiger partial charge in [0, 0.05) is 24.5 Å². The first-order valence-corrected chi connectivity index (χ1v) is 10.3. The van der Waals surface area contributed by atoms with Gasteiger partial charge in [0.05, 0.1) is 6.54 Å². The largest absolute Gasteiger partial charge is 0.473 e. The number of rotatable bonds is 4. The molecule has 0 spiro atoms. The molecule has 8 heteroatoms. The van der Waals surface area contributed by atoms with Crippen LogP contribution in [0.3, 0.4) is 0 Å². The van der Waals surface area contributed by atoms with Crippen molar-refractivity contribution in [1.29, 1.82) is 0 Å². The number of carbonyl (C=O) groups is 3. The molecule has 0 atom stereocenters. The maximum absolute atomic E-state index is 12.1. The van der Waals surface area contributed by atoms with Crippen LogP contribution in [0, 0.1) is 0 Å². The van der Waals surface area contributed by atoms with Crippen LogP contribution in [0.4, 0.5) is 11.4 Å². The van der Waals surface area contributed by atoms with Crippen LogP contribution < -0.4 is 10.2 Å². The van der Waals surface area contributed by atoms with Crippen molar-refractivity contribution in [3.8, 4) is 0 Å². The van der Waals surface area contributed by atoms with Gasteiger partial charge < -0.3 is 20.4 Å². The second-order valence-corrected chi connectivity index (χ2v) is 7.44. The van der Waals surface area contributed by atoms with Gasteiger partial charge >= 0.3 is 11.9 Å². The summed E-state index contributed by atoms with van der Waals surface area (Å²) in [5, 5.41) is 17.8. The fraction of sp³-hybridized carbons (Fsp3) is 0.571. The summed E-state index contributed by atoms with van der Waals surface area (Å²) < 4.78 is 0. The monoisotopic (exact) mass is 405 g/mol. The number of hydrogen-bond acceptors (Lipinski definition) is 5. The lowest BCUT2D eigenvalue weighted by Crippen LogP contribution is -2.36. The van der Waals surface area contributed by atoms with Gasteiger partial charge in [-0.3, -0.25) is 9.69 Å². The van der Waals surface area contributed by atoms with E-state index in [0.717, 1.165) is 31.9 Å². The van der Waals surface area contributed by atoms with Crippen molar-refractivity contribution >= 4 is 29.2 Å². The van der Waals surface area contributed by atoms with E-state index in [0.29, 0.717) is 6.54 Å². The summed E-state index contributed by atoms with van der Waals surface area (Å²) >= 11 is 0. The first kappa shape index (κ1) is 22.7. The quantitative estimate of drug-likeness (QED) is 0.661. The fourth-order valence-electron chi connectivity index (χ4n) is 3.61. The number of piperidine rings is 1. The number of carbonyl (C=O) groups excluding carboxylic acids is 1. The Morgan fingerprint density at radius 2 is 1.24 bits per heavy atom. The van der Waals surface area contributed by atoms with Crippen molar-refractivity contribution in [2.24, 2.45) is 0 Å². The minimum absolute atomic E-state index is 0.106. The Labute approximate surface area is 171 Å². The normalized spacial score (nSPS) is 17.4. The smallest absolute Gasteiger partial charge is 0.414 e. The van der Waals surface area contributed by atoms with Crippen molar-refractivity contribution in [2.75, 3.05) is 42.9 Å². The summed E-state index contributed by atoms with van der Waals surface area (Å²) in [6, 6.07) is 8.35. The Morgan fingerprint density at radius 1 is 0.759 bits per heavy atom. The van der Waals surface area contributed by atoms with Gasteiger partial charge in [0.15, 0.2) is 0 Å². The van der Waals surface area contributed by atoms with Gasteiger partial charge in [-0.2, -0.15) is 0 Å². The van der Waals surface area contributed by atoms with Gasteiger partial charge in [-0.1, -0.05) is 19.3 Å². The minimum atomic E-state index is -1.82. The van der Waals surface area contributed by atoms with Gasteiger partial charge in [-0.05, 0) is 63.0 Å². The van der Waals surface area contributed by atoms with Crippen LogP contribution in [0.2, 0.25) is 0 Å². The van der Waals surface area contributed by atoms with E-state index in [4.69, 9.17) is 19.8 Å². The molecule has 0 unspecified atom stereocenters. The average molecular weight is 405 g/mol. The predicted octanol–water partition coefficient (Wildman–Crippen LogP) is 2.65. The lowest BCUT2D eigenvalue weighted by Gasteiger charge is -2.25. The molecule has 2 saturated heterocycles. The first-order chi connectivity index (χ1) is 14.0. The van der Waals surface area contributed by atoms with Crippen molar-refractivity contribution in [1.82, 2.24) is 4.90 Å². The van der Waals surface area contributed by atoms with Gasteiger partial charge in [0.2, 0.25) is 5.91 Å². The lowest BCUT2D eigenvalue weighted by atomic mass is 10.1. The molecule has 0 aromatic heterocycles. The molecule has 0 aliphatic carbocycles. The number of anilines is 2. The maximum atomic E-state index is 12.1. The molecule has 0 bridgehead atoms. The van der Waals surface area contributed by atoms with Gasteiger partial charge in [-0.15, -0.1) is 0 Å². The van der Waals surface area contributed by atoms with E-state index >= 15 is 0 Å². The lowest BCUT2D eigenvalue weighted by molar-refractivity contribution is -0.159. The highest BCUT2D eigenvalue weighted by atomic mass is 16.4. The predicted molar refractivity (Wildman–Crippen MR) is 111 cm³/mol. The molecule has 0 radical (unpaired) electrons. The fourth-order valence-corrected chi connectivity index (χ4v) is 3.61. The highest BCUT2D eigenvalue weighted by Gasteiger charge is 2.14. The second kappa shape index (κ2) is 12.1. The highest BCUT2D eigenvalue weighted by Crippen LogP contribution is 2.21. The molecule has 8 nitrogen and oxygen atoms in total. The maximum Gasteiger partial charge on any atom is 0.414 e. The van der Waals surface area contributed by atoms with Crippen LogP contribution in [0.25, 0.3) is 0 Å². The molecule has 1 aromatic carbocycles. The minimum Gasteiger partial charge on any atom is -0.473 e. The second-order valence-electron chi connectivity index (χ2n) is 7.44. The van der Waals surface area contributed by atoms with E-state index in [1.165, 1.54) is 50.6 Å². The number of carboxylic acid groups (broad SMARTS) is 2. The Bertz CT molecular complexity index is 651. The zero-order chi connectivity index (χ0) is 21.1. The van der Waals surface area contributed by atoms with Crippen LogP contribution >= 0.6 is 0 Å². The van der Waals surface area contributed by atoms with Crippen LogP contribution in [0.15, 0.2) is 24.3 Å². The standard InChI is InChI=1S/C19H29N3O.C2H2O4/c23-19(16-21-12-4-3-5-13-21)20-17-8-10-18(11-9-17)22-14-6-1-2-7-15-22;3-1(4)2(5)6/h8-11H,1-7,12-16H2,(H,20,23);(H,3,4)(H,5,6). The zero-order valence-electron chi connectivity index (χ0n) is 16.8. The van der Waals surface area contributed by atoms with Crippen molar-refractivity contribution in [3.63, 3.8) is 0 Å². The van der Waals surface area contributed by atoms with Crippen LogP contribution in [0.5, 0.6) is 0 Å². The number of benzene rings is 1. The van der Waals surface area contributed by atoms with Crippen LogP contribution in [0.1, 0.15) is 44.9 Å². The summed E-state index contributed by atoms with van der Waals surface area (Å²) in [5.41, 5.74) is 2.19. The molecule has 1 aromatic rings. The third-order valence-corrected chi connectivity index (χ3v) is 5.12. The first-order valence-electron chi connectivity index (χ1n) is 10.3. The summed E-state index contributed by atoms with van der Waals surface area (Å²) in [4.78, 5) is 35.1. The number of nitrogens with zero attached hydrogens (tertiary/aromatic N) is 2. The van der Waals surface area contributed by atoms with Crippen molar-refractivity contribution in [2.45, 2.75) is 44.9 Å². The number of likely N-dealkylation sites (tertiary alicyclic amines) is 1. The average Bonchev–Trinajstić information content (AvgIpc) is 2.99. The molecule has 2 aliphatic heterocycles. The number of amides is 1. The summed E-state index contributed by atoms with van der Waals surface area (Å²) in [5.74, 6) is -3.54. The molecule has 2 fully saturated rings. The number of carboxylic acids is 2. The molecular weight excluding hydrogens is 374 g/mol. The highest BCUT2D eigenvalue weighted by molar-refractivity contribution is 6.27. The molecule has 160 valence electrons. The molecule has 3 rings (SSSR count). The van der Waals surface area contributed by atoms with E-state index in [-0.39, 0.29) is 5.91 Å². The van der Waals surface area contributed by atoms with Gasteiger partial charge in [0.25, 0.3) is 0 Å². The van der Waals surface area contributed by atoms with E-state index < -0.39 is 11.9 Å². The molecule has 0 saturated carbocycles. The van der Waals surface area contributed by atoms with E-state index in [1.807, 2.05) is 12.1 Å². The number of aliphatic carboxylic acids is 2. The number of nitrogens with one attached hydrogen (secondary N) is 1. The van der Waals surface area contributed by atoms with Crippen LogP contribution in [-0.2, 0) is 14.4 Å². The molecule has 2 aliphatic rings. The van der Waals surface area contributed by atoms with E-state index in [1.54, 1.807) is 0 Å². The van der Waals surface area contributed by atoms with Gasteiger partial charge in [-0.25, -0.2) is 9.59 Å². The molecule has 2 heterocycles. The molecule has 1 amide bonds. The molecule has 29 heavy (non-hydrogen) atoms. The van der Waals surface area contributed by atoms with Crippen molar-refractivity contribution in [3.05, 3.63) is 24.3 Å². The molecule has 3 N–H and O–H groups in total. The third-order valence-electron chi connectivity index (χ3n) is 5.12. The Balaban J connectivity index is 0.000000438. The topological polar surface area (TPSA) is 110 Å². The SMILES string of the molecule is O=C(CN1CCCCC1)Nc1ccc(N2CCCCCC2)cc1.O=C(O)C(=O)O. The Kier molecular flexibility index (Phi) is 9.43. The van der Waals surface area contributed by atoms with E-state index in [2.05, 4.69) is 27.2 Å². The van der Waals surface area contributed by atoms with Gasteiger partial charge in [0.1, 0.15) is 0 Å². The Morgan fingerprint density at radius 3 is 1.76 bits per heavy atom. The number of hydrogen-bond donors (Lipinski definition) is 3.